The van der Waals surface area contributed by atoms with E-state index in [1.165, 1.54) is 0 Å². The molecule has 5 aromatic rings. The number of rotatable bonds is 4. The molecule has 0 amide bonds. The molecule has 7 heteroatoms. The van der Waals surface area contributed by atoms with Gasteiger partial charge >= 0.3 is 0 Å². The molecule has 29 heavy (non-hydrogen) atoms. The maximum absolute atomic E-state index is 5.70. The lowest BCUT2D eigenvalue weighted by Gasteiger charge is -2.10. The third kappa shape index (κ3) is 2.91. The van der Waals surface area contributed by atoms with Crippen molar-refractivity contribution in [2.45, 2.75) is 20.3 Å². The first-order valence-electron chi connectivity index (χ1n) is 9.31. The van der Waals surface area contributed by atoms with Gasteiger partial charge in [0.15, 0.2) is 0 Å². The fourth-order valence-electron chi connectivity index (χ4n) is 3.75. The number of benzene rings is 1. The average Bonchev–Trinajstić information content (AvgIpc) is 3.30. The molecule has 144 valence electrons. The molecule has 0 radical (unpaired) electrons. The highest BCUT2D eigenvalue weighted by atomic mass is 16.5. The van der Waals surface area contributed by atoms with Crippen LogP contribution in [-0.2, 0) is 6.42 Å². The van der Waals surface area contributed by atoms with Crippen LogP contribution in [-0.4, -0.2) is 32.2 Å². The number of imidazole rings is 1. The summed E-state index contributed by atoms with van der Waals surface area (Å²) in [4.78, 5) is 17.0. The monoisotopic (exact) mass is 385 g/mol. The number of aromatic amines is 1. The molecule has 0 bridgehead atoms. The average molecular weight is 385 g/mol. The standard InChI is InChI=1S/C22H19N5O2/c1-12-21(13(2)29-27-12)16-8-17-15(9-19(16)28-3)22-18(11-24-17)25-20(26-22)7-14-5-4-6-23-10-14/h4-6,8-11H,7H2,1-3H3,(H,25,26). The summed E-state index contributed by atoms with van der Waals surface area (Å²) >= 11 is 0. The molecule has 4 heterocycles. The van der Waals surface area contributed by atoms with Gasteiger partial charge in [-0.15, -0.1) is 0 Å². The highest BCUT2D eigenvalue weighted by molar-refractivity contribution is 6.04. The third-order valence-corrected chi connectivity index (χ3v) is 5.09. The predicted octanol–water partition coefficient (Wildman–Crippen LogP) is 4.38. The Bertz CT molecular complexity index is 1320. The summed E-state index contributed by atoms with van der Waals surface area (Å²) in [5, 5.41) is 5.03. The summed E-state index contributed by atoms with van der Waals surface area (Å²) in [6.07, 6.45) is 6.09. The molecule has 0 aliphatic carbocycles. The first kappa shape index (κ1) is 17.4. The lowest BCUT2D eigenvalue weighted by Crippen LogP contribution is -1.92. The number of aryl methyl sites for hydroxylation is 2. The van der Waals surface area contributed by atoms with Crippen LogP contribution in [0.3, 0.4) is 0 Å². The zero-order chi connectivity index (χ0) is 20.0. The zero-order valence-corrected chi connectivity index (χ0v) is 16.4. The Kier molecular flexibility index (Phi) is 4.01. The molecular formula is C22H19N5O2. The molecule has 0 saturated carbocycles. The zero-order valence-electron chi connectivity index (χ0n) is 16.4. The number of hydrogen-bond acceptors (Lipinski definition) is 6. The second-order valence-electron chi connectivity index (χ2n) is 7.01. The largest absolute Gasteiger partial charge is 0.496 e. The van der Waals surface area contributed by atoms with Crippen molar-refractivity contribution in [3.8, 4) is 16.9 Å². The highest BCUT2D eigenvalue weighted by Gasteiger charge is 2.19. The van der Waals surface area contributed by atoms with E-state index in [9.17, 15) is 0 Å². The number of nitrogens with zero attached hydrogens (tertiary/aromatic N) is 4. The van der Waals surface area contributed by atoms with Gasteiger partial charge in [-0.05, 0) is 37.6 Å². The first-order chi connectivity index (χ1) is 14.1. The Labute approximate surface area is 166 Å². The molecule has 5 rings (SSSR count). The quantitative estimate of drug-likeness (QED) is 0.494. The van der Waals surface area contributed by atoms with E-state index < -0.39 is 0 Å². The van der Waals surface area contributed by atoms with E-state index in [0.29, 0.717) is 6.42 Å². The van der Waals surface area contributed by atoms with E-state index in [2.05, 4.69) is 20.1 Å². The van der Waals surface area contributed by atoms with Crippen molar-refractivity contribution in [2.24, 2.45) is 0 Å². The Balaban J connectivity index is 1.67. The van der Waals surface area contributed by atoms with Crippen LogP contribution in [0.4, 0.5) is 0 Å². The molecule has 1 N–H and O–H groups in total. The van der Waals surface area contributed by atoms with Crippen molar-refractivity contribution in [3.63, 3.8) is 0 Å². The van der Waals surface area contributed by atoms with Gasteiger partial charge in [0.2, 0.25) is 0 Å². The van der Waals surface area contributed by atoms with Gasteiger partial charge in [0.05, 0.1) is 35.6 Å². The maximum Gasteiger partial charge on any atom is 0.141 e. The topological polar surface area (TPSA) is 89.7 Å². The normalized spacial score (nSPS) is 11.4. The number of fused-ring (bicyclic) bond motifs is 3. The van der Waals surface area contributed by atoms with Crippen LogP contribution in [0.2, 0.25) is 0 Å². The molecule has 0 spiro atoms. The van der Waals surface area contributed by atoms with E-state index in [-0.39, 0.29) is 0 Å². The maximum atomic E-state index is 5.70. The molecule has 7 nitrogen and oxygen atoms in total. The molecule has 4 aromatic heterocycles. The number of ether oxygens (including phenoxy) is 1. The highest BCUT2D eigenvalue weighted by Crippen LogP contribution is 2.38. The minimum absolute atomic E-state index is 0.679. The van der Waals surface area contributed by atoms with Crippen LogP contribution in [0.15, 0.2) is 47.4 Å². The Morgan fingerprint density at radius 3 is 2.76 bits per heavy atom. The summed E-state index contributed by atoms with van der Waals surface area (Å²) in [6, 6.07) is 7.98. The number of pyridine rings is 2. The number of methoxy groups -OCH3 is 1. The molecule has 0 aliphatic rings. The minimum Gasteiger partial charge on any atom is -0.496 e. The fraction of sp³-hybridized carbons (Fsp3) is 0.182. The summed E-state index contributed by atoms with van der Waals surface area (Å²) in [6.45, 7) is 3.82. The lowest BCUT2D eigenvalue weighted by molar-refractivity contribution is 0.393. The van der Waals surface area contributed by atoms with E-state index >= 15 is 0 Å². The summed E-state index contributed by atoms with van der Waals surface area (Å²) in [5.41, 5.74) is 6.39. The summed E-state index contributed by atoms with van der Waals surface area (Å²) < 4.78 is 11.0. The molecule has 0 atom stereocenters. The Morgan fingerprint density at radius 2 is 2.03 bits per heavy atom. The van der Waals surface area contributed by atoms with Crippen molar-refractivity contribution in [3.05, 3.63) is 65.7 Å². The van der Waals surface area contributed by atoms with E-state index in [1.54, 1.807) is 19.5 Å². The lowest BCUT2D eigenvalue weighted by atomic mass is 10.0. The van der Waals surface area contributed by atoms with Crippen molar-refractivity contribution < 1.29 is 9.26 Å². The molecule has 0 aliphatic heterocycles. The number of aromatic nitrogens is 5. The van der Waals surface area contributed by atoms with Gasteiger partial charge in [-0.3, -0.25) is 9.97 Å². The van der Waals surface area contributed by atoms with Crippen molar-refractivity contribution in [1.82, 2.24) is 25.1 Å². The summed E-state index contributed by atoms with van der Waals surface area (Å²) in [7, 11) is 1.66. The van der Waals surface area contributed by atoms with Gasteiger partial charge in [0.25, 0.3) is 0 Å². The van der Waals surface area contributed by atoms with Crippen LogP contribution in [0.25, 0.3) is 33.1 Å². The van der Waals surface area contributed by atoms with Gasteiger partial charge in [0.1, 0.15) is 22.9 Å². The number of H-pyrrole nitrogens is 1. The van der Waals surface area contributed by atoms with Gasteiger partial charge in [0, 0.05) is 29.8 Å². The second-order valence-corrected chi connectivity index (χ2v) is 7.01. The third-order valence-electron chi connectivity index (χ3n) is 5.09. The molecule has 0 saturated heterocycles. The first-order valence-corrected chi connectivity index (χ1v) is 9.31. The Hall–Kier alpha value is -3.74. The van der Waals surface area contributed by atoms with Gasteiger partial charge in [-0.1, -0.05) is 11.2 Å². The van der Waals surface area contributed by atoms with Crippen LogP contribution in [0.5, 0.6) is 5.75 Å². The Morgan fingerprint density at radius 1 is 1.14 bits per heavy atom. The van der Waals surface area contributed by atoms with Crippen molar-refractivity contribution >= 4 is 21.9 Å². The van der Waals surface area contributed by atoms with Gasteiger partial charge in [-0.25, -0.2) is 4.98 Å². The molecule has 1 aromatic carbocycles. The number of hydrogen-bond donors (Lipinski definition) is 1. The van der Waals surface area contributed by atoms with E-state index in [0.717, 1.165) is 61.7 Å². The SMILES string of the molecule is COc1cc2c(cc1-c1c(C)noc1C)ncc1nc(Cc3cccnc3)[nH]c12. The van der Waals surface area contributed by atoms with E-state index in [4.69, 9.17) is 14.2 Å². The van der Waals surface area contributed by atoms with Crippen molar-refractivity contribution in [1.29, 1.82) is 0 Å². The molecular weight excluding hydrogens is 366 g/mol. The van der Waals surface area contributed by atoms with Gasteiger partial charge < -0.3 is 14.2 Å². The van der Waals surface area contributed by atoms with Crippen molar-refractivity contribution in [2.75, 3.05) is 7.11 Å². The fourth-order valence-corrected chi connectivity index (χ4v) is 3.75. The van der Waals surface area contributed by atoms with Crippen LogP contribution in [0, 0.1) is 13.8 Å². The van der Waals surface area contributed by atoms with Gasteiger partial charge in [-0.2, -0.15) is 0 Å². The minimum atomic E-state index is 0.679. The summed E-state index contributed by atoms with van der Waals surface area (Å²) in [5.74, 6) is 2.36. The number of nitrogens with one attached hydrogen (secondary N) is 1. The smallest absolute Gasteiger partial charge is 0.141 e. The molecule has 0 unspecified atom stereocenters. The predicted molar refractivity (Wildman–Crippen MR) is 110 cm³/mol. The van der Waals surface area contributed by atoms with Crippen LogP contribution < -0.4 is 4.74 Å². The van der Waals surface area contributed by atoms with Crippen LogP contribution >= 0.6 is 0 Å². The van der Waals surface area contributed by atoms with Crippen LogP contribution in [0.1, 0.15) is 22.8 Å². The second kappa shape index (κ2) is 6.70. The van der Waals surface area contributed by atoms with E-state index in [1.807, 2.05) is 44.3 Å². The molecule has 0 fully saturated rings.